The Morgan fingerprint density at radius 3 is 2.82 bits per heavy atom. The molecule has 0 heterocycles. The molecule has 17 heavy (non-hydrogen) atoms. The Balaban J connectivity index is 2.06. The van der Waals surface area contributed by atoms with E-state index in [4.69, 9.17) is 15.2 Å². The maximum Gasteiger partial charge on any atom is 0.249 e. The topological polar surface area (TPSA) is 61.6 Å². The van der Waals surface area contributed by atoms with Crippen molar-refractivity contribution in [1.29, 1.82) is 0 Å². The minimum Gasteiger partial charge on any atom is -0.497 e. The molecule has 1 aliphatic rings. The minimum atomic E-state index is -0.747. The summed E-state index contributed by atoms with van der Waals surface area (Å²) in [5.74, 6) is 0.634. The number of primary amides is 1. The highest BCUT2D eigenvalue weighted by Gasteiger charge is 2.59. The number of carbonyl (C=O) groups is 1. The van der Waals surface area contributed by atoms with Gasteiger partial charge in [0.2, 0.25) is 5.91 Å². The quantitative estimate of drug-likeness (QED) is 0.832. The van der Waals surface area contributed by atoms with Gasteiger partial charge in [-0.1, -0.05) is 12.1 Å². The molecule has 4 heteroatoms. The van der Waals surface area contributed by atoms with Crippen LogP contribution in [-0.4, -0.2) is 25.7 Å². The fourth-order valence-corrected chi connectivity index (χ4v) is 2.28. The van der Waals surface area contributed by atoms with E-state index < -0.39 is 5.60 Å². The van der Waals surface area contributed by atoms with Crippen LogP contribution in [0.5, 0.6) is 5.75 Å². The number of hydrogen-bond acceptors (Lipinski definition) is 3. The lowest BCUT2D eigenvalue weighted by Gasteiger charge is -2.11. The molecule has 1 saturated carbocycles. The summed E-state index contributed by atoms with van der Waals surface area (Å²) < 4.78 is 10.4. The molecule has 4 nitrogen and oxygen atoms in total. The first-order valence-corrected chi connectivity index (χ1v) is 5.60. The van der Waals surface area contributed by atoms with Crippen LogP contribution in [0.1, 0.15) is 12.0 Å². The Hall–Kier alpha value is -1.55. The van der Waals surface area contributed by atoms with Gasteiger partial charge < -0.3 is 15.2 Å². The monoisotopic (exact) mass is 235 g/mol. The van der Waals surface area contributed by atoms with Crippen molar-refractivity contribution in [1.82, 2.24) is 0 Å². The highest BCUT2D eigenvalue weighted by atomic mass is 16.5. The van der Waals surface area contributed by atoms with Crippen molar-refractivity contribution in [3.05, 3.63) is 29.8 Å². The predicted octanol–water partition coefficient (Wildman–Crippen LogP) is 1.13. The van der Waals surface area contributed by atoms with Crippen LogP contribution in [0.3, 0.4) is 0 Å². The van der Waals surface area contributed by atoms with Gasteiger partial charge in [-0.25, -0.2) is 0 Å². The van der Waals surface area contributed by atoms with Crippen molar-refractivity contribution in [2.24, 2.45) is 11.7 Å². The van der Waals surface area contributed by atoms with Gasteiger partial charge >= 0.3 is 0 Å². The molecule has 1 aliphatic carbocycles. The van der Waals surface area contributed by atoms with E-state index in [0.29, 0.717) is 6.42 Å². The van der Waals surface area contributed by atoms with Crippen LogP contribution in [0, 0.1) is 5.92 Å². The predicted molar refractivity (Wildman–Crippen MR) is 63.7 cm³/mol. The molecule has 0 spiro atoms. The van der Waals surface area contributed by atoms with E-state index >= 15 is 0 Å². The van der Waals surface area contributed by atoms with E-state index in [2.05, 4.69) is 0 Å². The van der Waals surface area contributed by atoms with E-state index in [1.165, 1.54) is 7.11 Å². The average molecular weight is 235 g/mol. The summed E-state index contributed by atoms with van der Waals surface area (Å²) in [6.07, 6.45) is 1.49. The highest BCUT2D eigenvalue weighted by Crippen LogP contribution is 2.48. The molecule has 2 N–H and O–H groups in total. The van der Waals surface area contributed by atoms with Gasteiger partial charge in [0.1, 0.15) is 11.4 Å². The molecule has 2 atom stereocenters. The molecule has 0 aromatic heterocycles. The van der Waals surface area contributed by atoms with Gasteiger partial charge in [-0.3, -0.25) is 4.79 Å². The van der Waals surface area contributed by atoms with Crippen LogP contribution in [0.25, 0.3) is 0 Å². The van der Waals surface area contributed by atoms with E-state index in [-0.39, 0.29) is 11.8 Å². The second-order valence-electron chi connectivity index (χ2n) is 4.41. The van der Waals surface area contributed by atoms with Crippen LogP contribution in [-0.2, 0) is 16.0 Å². The number of nitrogens with two attached hydrogens (primary N) is 1. The van der Waals surface area contributed by atoms with E-state index in [9.17, 15) is 4.79 Å². The second-order valence-corrected chi connectivity index (χ2v) is 4.41. The Bertz CT molecular complexity index is 432. The molecule has 2 rings (SSSR count). The van der Waals surface area contributed by atoms with Crippen molar-refractivity contribution in [3.8, 4) is 5.75 Å². The molecule has 92 valence electrons. The van der Waals surface area contributed by atoms with Crippen molar-refractivity contribution < 1.29 is 14.3 Å². The SMILES string of the molecule is COc1cccc(CC2CC2(OC)C(N)=O)c1. The summed E-state index contributed by atoms with van der Waals surface area (Å²) in [5.41, 5.74) is 5.74. The molecule has 0 aliphatic heterocycles. The van der Waals surface area contributed by atoms with Crippen molar-refractivity contribution >= 4 is 5.91 Å². The van der Waals surface area contributed by atoms with Gasteiger partial charge in [0.25, 0.3) is 0 Å². The zero-order chi connectivity index (χ0) is 12.5. The maximum atomic E-state index is 11.3. The van der Waals surface area contributed by atoms with E-state index in [1.54, 1.807) is 7.11 Å². The minimum absolute atomic E-state index is 0.178. The molecular weight excluding hydrogens is 218 g/mol. The van der Waals surface area contributed by atoms with Gasteiger partial charge in [-0.15, -0.1) is 0 Å². The molecule has 0 bridgehead atoms. The Morgan fingerprint density at radius 1 is 1.53 bits per heavy atom. The molecular formula is C13H17NO3. The number of benzene rings is 1. The largest absolute Gasteiger partial charge is 0.497 e. The van der Waals surface area contributed by atoms with Crippen molar-refractivity contribution in [2.45, 2.75) is 18.4 Å². The van der Waals surface area contributed by atoms with E-state index in [0.717, 1.165) is 17.7 Å². The number of hydrogen-bond donors (Lipinski definition) is 1. The lowest BCUT2D eigenvalue weighted by molar-refractivity contribution is -0.131. The summed E-state index contributed by atoms with van der Waals surface area (Å²) in [4.78, 5) is 11.3. The summed E-state index contributed by atoms with van der Waals surface area (Å²) in [7, 11) is 3.18. The molecule has 1 fully saturated rings. The number of carbonyl (C=O) groups excluding carboxylic acids is 1. The van der Waals surface area contributed by atoms with Crippen LogP contribution in [0.4, 0.5) is 0 Å². The summed E-state index contributed by atoms with van der Waals surface area (Å²) >= 11 is 0. The average Bonchev–Trinajstić information content (AvgIpc) is 3.04. The lowest BCUT2D eigenvalue weighted by Crippen LogP contribution is -2.34. The van der Waals surface area contributed by atoms with Gasteiger partial charge in [-0.2, -0.15) is 0 Å². The highest BCUT2D eigenvalue weighted by molar-refractivity contribution is 5.87. The molecule has 0 radical (unpaired) electrons. The van der Waals surface area contributed by atoms with Gasteiger partial charge in [0.05, 0.1) is 7.11 Å². The first-order valence-electron chi connectivity index (χ1n) is 5.60. The van der Waals surface area contributed by atoms with Crippen molar-refractivity contribution in [2.75, 3.05) is 14.2 Å². The molecule has 2 unspecified atom stereocenters. The zero-order valence-electron chi connectivity index (χ0n) is 10.1. The van der Waals surface area contributed by atoms with Crippen LogP contribution >= 0.6 is 0 Å². The fourth-order valence-electron chi connectivity index (χ4n) is 2.28. The fraction of sp³-hybridized carbons (Fsp3) is 0.462. The normalized spacial score (nSPS) is 26.6. The second kappa shape index (κ2) is 4.37. The van der Waals surface area contributed by atoms with Crippen LogP contribution in [0.2, 0.25) is 0 Å². The smallest absolute Gasteiger partial charge is 0.249 e. The standard InChI is InChI=1S/C13H17NO3/c1-16-11-5-3-4-9(7-11)6-10-8-13(10,17-2)12(14)15/h3-5,7,10H,6,8H2,1-2H3,(H2,14,15). The lowest BCUT2D eigenvalue weighted by atomic mass is 10.1. The first-order chi connectivity index (χ1) is 8.12. The molecule has 1 aromatic carbocycles. The third-order valence-corrected chi connectivity index (χ3v) is 3.45. The number of methoxy groups -OCH3 is 2. The molecule has 0 saturated heterocycles. The summed E-state index contributed by atoms with van der Waals surface area (Å²) in [6, 6.07) is 7.82. The Labute approximate surface area is 101 Å². The Morgan fingerprint density at radius 2 is 2.29 bits per heavy atom. The van der Waals surface area contributed by atoms with Gasteiger partial charge in [-0.05, 0) is 30.5 Å². The van der Waals surface area contributed by atoms with Gasteiger partial charge in [0.15, 0.2) is 0 Å². The number of rotatable bonds is 5. The van der Waals surface area contributed by atoms with Crippen LogP contribution < -0.4 is 10.5 Å². The summed E-state index contributed by atoms with van der Waals surface area (Å²) in [5, 5.41) is 0. The van der Waals surface area contributed by atoms with Crippen LogP contribution in [0.15, 0.2) is 24.3 Å². The number of ether oxygens (including phenoxy) is 2. The molecule has 1 aromatic rings. The Kier molecular flexibility index (Phi) is 3.07. The van der Waals surface area contributed by atoms with Gasteiger partial charge in [0, 0.05) is 13.0 Å². The maximum absolute atomic E-state index is 11.3. The molecule has 1 amide bonds. The van der Waals surface area contributed by atoms with Crippen molar-refractivity contribution in [3.63, 3.8) is 0 Å². The summed E-state index contributed by atoms with van der Waals surface area (Å²) in [6.45, 7) is 0. The third-order valence-electron chi connectivity index (χ3n) is 3.45. The number of amides is 1. The third kappa shape index (κ3) is 2.13. The zero-order valence-corrected chi connectivity index (χ0v) is 10.1. The van der Waals surface area contributed by atoms with E-state index in [1.807, 2.05) is 24.3 Å². The first kappa shape index (κ1) is 11.9.